The Morgan fingerprint density at radius 3 is 2.10 bits per heavy atom. The third kappa shape index (κ3) is 2.33. The molecule has 0 radical (unpaired) electrons. The van der Waals surface area contributed by atoms with Crippen molar-refractivity contribution in [3.63, 3.8) is 0 Å². The molecule has 0 aliphatic rings. The number of hydrogen-bond acceptors (Lipinski definition) is 0. The molecule has 0 unspecified atom stereocenters. The van der Waals surface area contributed by atoms with Crippen molar-refractivity contribution >= 4 is 0 Å². The molecule has 0 N–H and O–H groups in total. The first kappa shape index (κ1) is 9.40. The molecule has 1 aromatic rings. The number of halogens is 1. The molecule has 0 fully saturated rings. The van der Waals surface area contributed by atoms with Crippen molar-refractivity contribution in [2.24, 2.45) is 0 Å². The average molecular weight is 315 g/mol. The van der Waals surface area contributed by atoms with Crippen LogP contribution in [-0.4, -0.2) is 0 Å². The summed E-state index contributed by atoms with van der Waals surface area (Å²) in [5.41, 5.74) is 0.705. The Morgan fingerprint density at radius 2 is 1.70 bits per heavy atom. The van der Waals surface area contributed by atoms with E-state index in [9.17, 15) is 4.39 Å². The van der Waals surface area contributed by atoms with E-state index >= 15 is 0 Å². The summed E-state index contributed by atoms with van der Waals surface area (Å²) in [5, 5.41) is 0. The first-order chi connectivity index (χ1) is 4.33. The van der Waals surface area contributed by atoms with Gasteiger partial charge in [-0.25, -0.2) is 4.39 Å². The van der Waals surface area contributed by atoms with E-state index in [1.165, 1.54) is 12.1 Å². The van der Waals surface area contributed by atoms with Gasteiger partial charge in [-0.2, -0.15) is 0 Å². The third-order valence-electron chi connectivity index (χ3n) is 1.01. The summed E-state index contributed by atoms with van der Waals surface area (Å²) < 4.78 is 12.2. The minimum absolute atomic E-state index is 0. The fourth-order valence-corrected chi connectivity index (χ4v) is 0.546. The fourth-order valence-electron chi connectivity index (χ4n) is 0.546. The van der Waals surface area contributed by atoms with Gasteiger partial charge in [0.1, 0.15) is 5.82 Å². The van der Waals surface area contributed by atoms with Crippen molar-refractivity contribution in [3.05, 3.63) is 35.6 Å². The van der Waals surface area contributed by atoms with Gasteiger partial charge in [0.15, 0.2) is 0 Å². The smallest absolute Gasteiger partial charge is 0.123 e. The van der Waals surface area contributed by atoms with Crippen LogP contribution in [0.5, 0.6) is 0 Å². The maximum Gasteiger partial charge on any atom is 0.123 e. The van der Waals surface area contributed by atoms with Crippen molar-refractivity contribution in [2.45, 2.75) is 0 Å². The summed E-state index contributed by atoms with van der Waals surface area (Å²) in [4.78, 5) is 0. The minimum atomic E-state index is -0.256. The summed E-state index contributed by atoms with van der Waals surface area (Å²) in [5.74, 6) is 2.13. The Balaban J connectivity index is 0.000000810. The summed E-state index contributed by atoms with van der Waals surface area (Å²) in [6.07, 6.45) is 5.03. The fraction of sp³-hybridized carbons (Fsp3) is 0. The molecule has 0 amide bonds. The second-order valence-corrected chi connectivity index (χ2v) is 1.65. The van der Waals surface area contributed by atoms with Gasteiger partial charge in [-0.15, -0.1) is 6.42 Å². The number of hydrogen-bond donors (Lipinski definition) is 0. The van der Waals surface area contributed by atoms with E-state index in [4.69, 9.17) is 6.42 Å². The van der Waals surface area contributed by atoms with Gasteiger partial charge in [-0.3, -0.25) is 0 Å². The van der Waals surface area contributed by atoms with E-state index < -0.39 is 0 Å². The van der Waals surface area contributed by atoms with E-state index in [0.717, 1.165) is 0 Å². The maximum atomic E-state index is 12.2. The van der Waals surface area contributed by atoms with Crippen molar-refractivity contribution < 1.29 is 25.5 Å². The summed E-state index contributed by atoms with van der Waals surface area (Å²) in [6, 6.07) is 5.81. The van der Waals surface area contributed by atoms with Crippen LogP contribution in [0.25, 0.3) is 0 Å². The zero-order valence-electron chi connectivity index (χ0n) is 5.08. The molecule has 0 saturated carbocycles. The van der Waals surface area contributed by atoms with Crippen LogP contribution in [0.1, 0.15) is 5.56 Å². The van der Waals surface area contributed by atoms with Crippen LogP contribution in [0.2, 0.25) is 0 Å². The average Bonchev–Trinajstić information content (AvgIpc) is 1.90. The molecule has 0 atom stereocenters. The van der Waals surface area contributed by atoms with E-state index in [1.54, 1.807) is 12.1 Å². The Labute approximate surface area is 73.7 Å². The summed E-state index contributed by atoms with van der Waals surface area (Å²) in [7, 11) is 0. The van der Waals surface area contributed by atoms with Crippen molar-refractivity contribution in [1.82, 2.24) is 0 Å². The molecule has 0 heterocycles. The summed E-state index contributed by atoms with van der Waals surface area (Å²) >= 11 is 0. The van der Waals surface area contributed by atoms with Gasteiger partial charge in [-0.05, 0) is 24.3 Å². The molecule has 1 aromatic carbocycles. The second-order valence-electron chi connectivity index (χ2n) is 1.65. The molecule has 0 aliphatic carbocycles. The Hall–Kier alpha value is -0.602. The molecule has 1 rings (SSSR count). The van der Waals surface area contributed by atoms with Crippen LogP contribution in [0.15, 0.2) is 24.3 Å². The van der Waals surface area contributed by atoms with Crippen LogP contribution >= 0.6 is 0 Å². The van der Waals surface area contributed by atoms with E-state index in [0.29, 0.717) is 5.56 Å². The number of terminal acetylenes is 1. The predicted octanol–water partition coefficient (Wildman–Crippen LogP) is 1.80. The molecule has 0 aliphatic heterocycles. The normalized spacial score (nSPS) is 7.60. The third-order valence-corrected chi connectivity index (χ3v) is 1.01. The standard InChI is InChI=1S/C8H5F.Pt/c1-2-7-3-5-8(9)6-4-7;/h1,3-6H;. The van der Waals surface area contributed by atoms with Gasteiger partial charge in [-0.1, -0.05) is 5.92 Å². The van der Waals surface area contributed by atoms with Crippen LogP contribution in [-0.2, 0) is 21.1 Å². The van der Waals surface area contributed by atoms with E-state index in [1.807, 2.05) is 0 Å². The molecule has 0 saturated heterocycles. The molecule has 2 heteroatoms. The maximum absolute atomic E-state index is 12.2. The Kier molecular flexibility index (Phi) is 4.00. The number of benzene rings is 1. The zero-order valence-corrected chi connectivity index (χ0v) is 7.35. The van der Waals surface area contributed by atoms with Crippen LogP contribution in [0, 0.1) is 18.2 Å². The van der Waals surface area contributed by atoms with Crippen molar-refractivity contribution in [3.8, 4) is 12.3 Å². The Morgan fingerprint density at radius 1 is 1.20 bits per heavy atom. The van der Waals surface area contributed by atoms with Crippen LogP contribution < -0.4 is 0 Å². The second kappa shape index (κ2) is 4.25. The van der Waals surface area contributed by atoms with Crippen LogP contribution in [0.4, 0.5) is 4.39 Å². The largest absolute Gasteiger partial charge is 0.207 e. The van der Waals surface area contributed by atoms with E-state index in [-0.39, 0.29) is 26.9 Å². The van der Waals surface area contributed by atoms with Gasteiger partial charge in [0.25, 0.3) is 0 Å². The van der Waals surface area contributed by atoms with Gasteiger partial charge in [0.2, 0.25) is 0 Å². The monoisotopic (exact) mass is 315 g/mol. The Bertz CT molecular complexity index is 232. The molecule has 10 heavy (non-hydrogen) atoms. The molecular weight excluding hydrogens is 310 g/mol. The minimum Gasteiger partial charge on any atom is -0.207 e. The topological polar surface area (TPSA) is 0 Å². The van der Waals surface area contributed by atoms with Gasteiger partial charge in [0, 0.05) is 26.6 Å². The van der Waals surface area contributed by atoms with Gasteiger partial charge >= 0.3 is 0 Å². The quantitative estimate of drug-likeness (QED) is 0.641. The van der Waals surface area contributed by atoms with Crippen molar-refractivity contribution in [1.29, 1.82) is 0 Å². The van der Waals surface area contributed by atoms with Crippen molar-refractivity contribution in [2.75, 3.05) is 0 Å². The number of rotatable bonds is 0. The first-order valence-electron chi connectivity index (χ1n) is 2.55. The predicted molar refractivity (Wildman–Crippen MR) is 34.3 cm³/mol. The molecule has 0 aromatic heterocycles. The molecule has 54 valence electrons. The summed E-state index contributed by atoms with van der Waals surface area (Å²) in [6.45, 7) is 0. The van der Waals surface area contributed by atoms with E-state index in [2.05, 4.69) is 5.92 Å². The molecule has 0 spiro atoms. The zero-order chi connectivity index (χ0) is 6.69. The van der Waals surface area contributed by atoms with Crippen LogP contribution in [0.3, 0.4) is 0 Å². The van der Waals surface area contributed by atoms with Gasteiger partial charge in [0.05, 0.1) is 0 Å². The molecule has 0 bridgehead atoms. The molecular formula is C8H5FPt. The van der Waals surface area contributed by atoms with Gasteiger partial charge < -0.3 is 0 Å². The molecule has 0 nitrogen and oxygen atoms in total. The SMILES string of the molecule is C#Cc1ccc(F)cc1.[Pt]. The first-order valence-corrected chi connectivity index (χ1v) is 2.55.